The highest BCUT2D eigenvalue weighted by Crippen LogP contribution is 2.13. The molecular formula is C21H38O4. The number of carbonyl (C=O) groups excluding carboxylic acids is 2. The SMILES string of the molecule is CCC[C@@H](CCCC/C=C\CCCCC[C@H](C)OC(C)=O)OC(C)=O. The van der Waals surface area contributed by atoms with E-state index in [1.807, 2.05) is 6.92 Å². The Bertz CT molecular complexity index is 376. The lowest BCUT2D eigenvalue weighted by atomic mass is 10.1. The minimum absolute atomic E-state index is 0.0385. The van der Waals surface area contributed by atoms with Gasteiger partial charge in [-0.05, 0) is 64.7 Å². The summed E-state index contributed by atoms with van der Waals surface area (Å²) in [5.74, 6) is -0.357. The molecule has 0 aliphatic rings. The van der Waals surface area contributed by atoms with Crippen molar-refractivity contribution in [2.45, 2.75) is 111 Å². The van der Waals surface area contributed by atoms with Gasteiger partial charge in [-0.25, -0.2) is 0 Å². The molecule has 146 valence electrons. The van der Waals surface area contributed by atoms with Crippen LogP contribution in [0.3, 0.4) is 0 Å². The Morgan fingerprint density at radius 2 is 1.36 bits per heavy atom. The van der Waals surface area contributed by atoms with Gasteiger partial charge in [0, 0.05) is 13.8 Å². The minimum atomic E-state index is -0.190. The van der Waals surface area contributed by atoms with Crippen molar-refractivity contribution in [3.63, 3.8) is 0 Å². The minimum Gasteiger partial charge on any atom is -0.463 e. The molecule has 4 heteroatoms. The lowest BCUT2D eigenvalue weighted by molar-refractivity contribution is -0.147. The summed E-state index contributed by atoms with van der Waals surface area (Å²) in [4.78, 5) is 21.8. The van der Waals surface area contributed by atoms with E-state index in [4.69, 9.17) is 9.47 Å². The highest BCUT2D eigenvalue weighted by atomic mass is 16.5. The Labute approximate surface area is 154 Å². The van der Waals surface area contributed by atoms with Gasteiger partial charge in [0.2, 0.25) is 0 Å². The molecule has 25 heavy (non-hydrogen) atoms. The van der Waals surface area contributed by atoms with Crippen LogP contribution < -0.4 is 0 Å². The van der Waals surface area contributed by atoms with Gasteiger partial charge in [0.25, 0.3) is 0 Å². The highest BCUT2D eigenvalue weighted by Gasteiger charge is 2.10. The lowest BCUT2D eigenvalue weighted by Crippen LogP contribution is -2.15. The zero-order chi connectivity index (χ0) is 18.9. The molecule has 0 aliphatic heterocycles. The van der Waals surface area contributed by atoms with Crippen molar-refractivity contribution in [3.05, 3.63) is 12.2 Å². The Hall–Kier alpha value is -1.32. The summed E-state index contributed by atoms with van der Waals surface area (Å²) in [7, 11) is 0. The molecule has 2 atom stereocenters. The van der Waals surface area contributed by atoms with Gasteiger partial charge in [-0.1, -0.05) is 31.9 Å². The molecule has 0 saturated carbocycles. The van der Waals surface area contributed by atoms with E-state index in [-0.39, 0.29) is 24.1 Å². The smallest absolute Gasteiger partial charge is 0.302 e. The van der Waals surface area contributed by atoms with Crippen LogP contribution in [0.25, 0.3) is 0 Å². The standard InChI is InChI=1S/C21H38O4/c1-5-15-21(25-20(4)23)17-14-12-10-8-6-7-9-11-13-16-18(2)24-19(3)22/h6,8,18,21H,5,7,9-17H2,1-4H3/b8-6-/t18-,21-/m0/s1. The Balaban J connectivity index is 3.51. The number of unbranched alkanes of at least 4 members (excludes halogenated alkanes) is 5. The van der Waals surface area contributed by atoms with Crippen LogP contribution in [-0.4, -0.2) is 24.1 Å². The fraction of sp³-hybridized carbons (Fsp3) is 0.810. The first-order valence-corrected chi connectivity index (χ1v) is 9.95. The average molecular weight is 355 g/mol. The van der Waals surface area contributed by atoms with Crippen LogP contribution >= 0.6 is 0 Å². The number of hydrogen-bond donors (Lipinski definition) is 0. The molecule has 0 saturated heterocycles. The molecule has 0 heterocycles. The molecule has 0 N–H and O–H groups in total. The molecule has 0 aromatic rings. The van der Waals surface area contributed by atoms with E-state index in [9.17, 15) is 9.59 Å². The molecule has 0 bridgehead atoms. The summed E-state index contributed by atoms with van der Waals surface area (Å²) in [5, 5.41) is 0. The normalized spacial score (nSPS) is 13.6. The van der Waals surface area contributed by atoms with Crippen molar-refractivity contribution in [1.82, 2.24) is 0 Å². The third-order valence-corrected chi connectivity index (χ3v) is 4.11. The maximum Gasteiger partial charge on any atom is 0.302 e. The van der Waals surface area contributed by atoms with Gasteiger partial charge in [0.1, 0.15) is 6.10 Å². The molecule has 0 fully saturated rings. The van der Waals surface area contributed by atoms with E-state index in [0.29, 0.717) is 0 Å². The molecule has 0 rings (SSSR count). The van der Waals surface area contributed by atoms with Gasteiger partial charge in [0.15, 0.2) is 0 Å². The quantitative estimate of drug-likeness (QED) is 0.214. The maximum absolute atomic E-state index is 11.0. The number of rotatable bonds is 15. The van der Waals surface area contributed by atoms with Crippen molar-refractivity contribution in [3.8, 4) is 0 Å². The number of carbonyl (C=O) groups is 2. The van der Waals surface area contributed by atoms with E-state index < -0.39 is 0 Å². The zero-order valence-electron chi connectivity index (χ0n) is 16.7. The number of allylic oxidation sites excluding steroid dienone is 2. The predicted octanol–water partition coefficient (Wildman–Crippen LogP) is 5.74. The van der Waals surface area contributed by atoms with E-state index in [0.717, 1.165) is 57.8 Å². The predicted molar refractivity (Wildman–Crippen MR) is 102 cm³/mol. The van der Waals surface area contributed by atoms with Crippen molar-refractivity contribution < 1.29 is 19.1 Å². The number of ether oxygens (including phenoxy) is 2. The summed E-state index contributed by atoms with van der Waals surface area (Å²) in [6.45, 7) is 7.02. The summed E-state index contributed by atoms with van der Waals surface area (Å²) >= 11 is 0. The molecule has 4 nitrogen and oxygen atoms in total. The number of hydrogen-bond acceptors (Lipinski definition) is 4. The summed E-state index contributed by atoms with van der Waals surface area (Å²) in [5.41, 5.74) is 0. The molecule has 0 spiro atoms. The third-order valence-electron chi connectivity index (χ3n) is 4.11. The first kappa shape index (κ1) is 23.7. The van der Waals surface area contributed by atoms with Gasteiger partial charge in [-0.2, -0.15) is 0 Å². The first-order valence-electron chi connectivity index (χ1n) is 9.95. The van der Waals surface area contributed by atoms with Gasteiger partial charge >= 0.3 is 11.9 Å². The van der Waals surface area contributed by atoms with Crippen molar-refractivity contribution in [1.29, 1.82) is 0 Å². The van der Waals surface area contributed by atoms with Gasteiger partial charge in [0.05, 0.1) is 6.10 Å². The van der Waals surface area contributed by atoms with E-state index in [1.165, 1.54) is 26.7 Å². The van der Waals surface area contributed by atoms with Crippen LogP contribution in [0.2, 0.25) is 0 Å². The van der Waals surface area contributed by atoms with Crippen LogP contribution in [-0.2, 0) is 19.1 Å². The molecule has 0 radical (unpaired) electrons. The van der Waals surface area contributed by atoms with Crippen molar-refractivity contribution in [2.24, 2.45) is 0 Å². The molecule has 0 aliphatic carbocycles. The van der Waals surface area contributed by atoms with Crippen LogP contribution in [0.1, 0.15) is 98.3 Å². The Kier molecular flexibility index (Phi) is 15.3. The summed E-state index contributed by atoms with van der Waals surface area (Å²) in [6.07, 6.45) is 16.6. The maximum atomic E-state index is 11.0. The van der Waals surface area contributed by atoms with E-state index in [2.05, 4.69) is 19.1 Å². The van der Waals surface area contributed by atoms with E-state index >= 15 is 0 Å². The van der Waals surface area contributed by atoms with Crippen LogP contribution in [0, 0.1) is 0 Å². The van der Waals surface area contributed by atoms with Crippen molar-refractivity contribution >= 4 is 11.9 Å². The van der Waals surface area contributed by atoms with Gasteiger partial charge < -0.3 is 9.47 Å². The van der Waals surface area contributed by atoms with Crippen LogP contribution in [0.15, 0.2) is 12.2 Å². The fourth-order valence-electron chi connectivity index (χ4n) is 2.90. The second-order valence-electron chi connectivity index (χ2n) is 6.83. The topological polar surface area (TPSA) is 52.6 Å². The molecule has 0 unspecified atom stereocenters. The molecule has 0 aromatic heterocycles. The first-order chi connectivity index (χ1) is 12.0. The zero-order valence-corrected chi connectivity index (χ0v) is 16.7. The van der Waals surface area contributed by atoms with Gasteiger partial charge in [-0.15, -0.1) is 0 Å². The largest absolute Gasteiger partial charge is 0.463 e. The second kappa shape index (κ2) is 16.2. The summed E-state index contributed by atoms with van der Waals surface area (Å²) in [6, 6.07) is 0. The van der Waals surface area contributed by atoms with E-state index in [1.54, 1.807) is 0 Å². The second-order valence-corrected chi connectivity index (χ2v) is 6.83. The molecule has 0 aromatic carbocycles. The lowest BCUT2D eigenvalue weighted by Gasteiger charge is -2.15. The van der Waals surface area contributed by atoms with Crippen LogP contribution in [0.5, 0.6) is 0 Å². The van der Waals surface area contributed by atoms with Crippen LogP contribution in [0.4, 0.5) is 0 Å². The summed E-state index contributed by atoms with van der Waals surface area (Å²) < 4.78 is 10.4. The molecular weight excluding hydrogens is 316 g/mol. The van der Waals surface area contributed by atoms with Crippen molar-refractivity contribution in [2.75, 3.05) is 0 Å². The number of esters is 2. The monoisotopic (exact) mass is 354 g/mol. The molecule has 0 amide bonds. The van der Waals surface area contributed by atoms with Gasteiger partial charge in [-0.3, -0.25) is 9.59 Å². The average Bonchev–Trinajstić information content (AvgIpc) is 2.51. The highest BCUT2D eigenvalue weighted by molar-refractivity contribution is 5.66. The third kappa shape index (κ3) is 17.3. The Morgan fingerprint density at radius 3 is 1.92 bits per heavy atom. The Morgan fingerprint density at radius 1 is 0.800 bits per heavy atom. The fourth-order valence-corrected chi connectivity index (χ4v) is 2.90.